The number of hydrogen-bond donors (Lipinski definition) is 0. The monoisotopic (exact) mass is 942 g/mol. The molecule has 4 aromatic heterocycles. The second kappa shape index (κ2) is 14.6. The van der Waals surface area contributed by atoms with Crippen molar-refractivity contribution in [1.82, 2.24) is 9.13 Å². The van der Waals surface area contributed by atoms with E-state index < -0.39 is 40.0 Å². The number of hydrogen-bond acceptors (Lipinski definition) is 4. The van der Waals surface area contributed by atoms with Crippen LogP contribution >= 0.6 is 0 Å². The van der Waals surface area contributed by atoms with Crippen LogP contribution in [0.5, 0.6) is 0 Å². The Morgan fingerprint density at radius 3 is 1.38 bits per heavy atom. The van der Waals surface area contributed by atoms with E-state index in [9.17, 15) is 10.5 Å². The summed E-state index contributed by atoms with van der Waals surface area (Å²) in [4.78, 5) is 0. The van der Waals surface area contributed by atoms with Crippen molar-refractivity contribution in [1.29, 1.82) is 10.5 Å². The van der Waals surface area contributed by atoms with E-state index in [1.54, 1.807) is 0 Å². The molecule has 0 unspecified atom stereocenters. The summed E-state index contributed by atoms with van der Waals surface area (Å²) in [5.41, 5.74) is 9.12. The first kappa shape index (κ1) is 41.6. The summed E-state index contributed by atoms with van der Waals surface area (Å²) in [6.07, 6.45) is 0. The van der Waals surface area contributed by atoms with E-state index >= 15 is 17.6 Å². The molecule has 0 bridgehead atoms. The van der Waals surface area contributed by atoms with Gasteiger partial charge in [0.15, 0.2) is 28.9 Å². The van der Waals surface area contributed by atoms with Gasteiger partial charge in [-0.1, -0.05) is 82.9 Å². The molecule has 0 saturated carbocycles. The van der Waals surface area contributed by atoms with Crippen molar-refractivity contribution in [2.45, 2.75) is 27.7 Å². The van der Waals surface area contributed by atoms with Crippen LogP contribution in [0.3, 0.4) is 0 Å². The quantitative estimate of drug-likeness (QED) is 0.100. The van der Waals surface area contributed by atoms with Gasteiger partial charge in [-0.15, -0.1) is 0 Å². The highest BCUT2D eigenvalue weighted by molar-refractivity contribution is 6.30. The summed E-state index contributed by atoms with van der Waals surface area (Å²) in [5, 5.41) is 27.9. The fraction of sp³-hybridized carbons (Fsp3) is 0.0645. The van der Waals surface area contributed by atoms with Gasteiger partial charge in [0.1, 0.15) is 34.5 Å². The number of aryl methyl sites for hydroxylation is 4. The van der Waals surface area contributed by atoms with Gasteiger partial charge in [0, 0.05) is 54.4 Å². The van der Waals surface area contributed by atoms with Gasteiger partial charge < -0.3 is 18.0 Å². The number of para-hydroxylation sites is 2. The van der Waals surface area contributed by atoms with Gasteiger partial charge in [0.25, 0.3) is 0 Å². The van der Waals surface area contributed by atoms with Crippen LogP contribution in [0, 0.1) is 73.6 Å². The maximum atomic E-state index is 16.8. The molecule has 0 aliphatic heterocycles. The van der Waals surface area contributed by atoms with E-state index in [0.29, 0.717) is 66.7 Å². The molecular formula is C62H34F4N4O2. The first-order valence-corrected chi connectivity index (χ1v) is 23.4. The molecule has 0 radical (unpaired) electrons. The fourth-order valence-electron chi connectivity index (χ4n) is 11.6. The van der Waals surface area contributed by atoms with E-state index in [4.69, 9.17) is 8.83 Å². The average molecular weight is 943 g/mol. The minimum Gasteiger partial charge on any atom is -0.455 e. The fourth-order valence-corrected chi connectivity index (χ4v) is 11.6. The van der Waals surface area contributed by atoms with Crippen molar-refractivity contribution in [3.05, 3.63) is 201 Å². The molecule has 6 nitrogen and oxygen atoms in total. The van der Waals surface area contributed by atoms with E-state index in [2.05, 4.69) is 45.5 Å². The topological polar surface area (TPSA) is 83.7 Å². The molecule has 0 atom stereocenters. The van der Waals surface area contributed by atoms with Gasteiger partial charge in [0.05, 0.1) is 50.0 Å². The van der Waals surface area contributed by atoms with E-state index in [1.165, 1.54) is 6.07 Å². The summed E-state index contributed by atoms with van der Waals surface area (Å²) in [7, 11) is 0. The molecule has 0 saturated heterocycles. The predicted octanol–water partition coefficient (Wildman–Crippen LogP) is 16.8. The average Bonchev–Trinajstić information content (AvgIpc) is 4.18. The van der Waals surface area contributed by atoms with E-state index in [0.717, 1.165) is 76.6 Å². The molecule has 72 heavy (non-hydrogen) atoms. The first-order chi connectivity index (χ1) is 34.9. The lowest BCUT2D eigenvalue weighted by molar-refractivity contribution is 0.447. The van der Waals surface area contributed by atoms with Crippen LogP contribution in [0.25, 0.3) is 121 Å². The zero-order chi connectivity index (χ0) is 49.2. The Kier molecular flexibility index (Phi) is 8.42. The van der Waals surface area contributed by atoms with Crippen molar-refractivity contribution in [2.75, 3.05) is 0 Å². The lowest BCUT2D eigenvalue weighted by atomic mass is 9.91. The molecule has 14 rings (SSSR count). The number of halogens is 4. The second-order valence-corrected chi connectivity index (χ2v) is 19.0. The summed E-state index contributed by atoms with van der Waals surface area (Å²) >= 11 is 0. The van der Waals surface area contributed by atoms with Gasteiger partial charge >= 0.3 is 0 Å². The van der Waals surface area contributed by atoms with Crippen LogP contribution in [0.4, 0.5) is 17.6 Å². The molecule has 0 spiro atoms. The molecule has 4 heterocycles. The number of nitriles is 2. The van der Waals surface area contributed by atoms with Crippen LogP contribution in [0.1, 0.15) is 44.5 Å². The molecular weight excluding hydrogens is 909 g/mol. The number of fused-ring (bicyclic) bond motifs is 17. The van der Waals surface area contributed by atoms with Crippen LogP contribution in [-0.4, -0.2) is 9.13 Å². The van der Waals surface area contributed by atoms with Crippen molar-refractivity contribution in [3.8, 4) is 34.6 Å². The molecule has 0 amide bonds. The molecule has 0 fully saturated rings. The first-order valence-electron chi connectivity index (χ1n) is 23.4. The second-order valence-electron chi connectivity index (χ2n) is 19.0. The summed E-state index contributed by atoms with van der Waals surface area (Å²) < 4.78 is 83.8. The maximum absolute atomic E-state index is 16.8. The summed E-state index contributed by atoms with van der Waals surface area (Å²) in [6.45, 7) is 8.14. The minimum absolute atomic E-state index is 0.000701. The molecule has 0 N–H and O–H groups in total. The molecule has 10 heteroatoms. The Bertz CT molecular complexity index is 4670. The Morgan fingerprint density at radius 2 is 0.889 bits per heavy atom. The highest BCUT2D eigenvalue weighted by Gasteiger charge is 2.39. The SMILES string of the molecule is Cc1ccc2c(c1)c1cc(C)ccc1n2-c1cc2c(c3c1oc1ccccc13)-c1c(cc(-n3c4ccc(C)cc4c4cc(C)ccc43)c3c1oc1ccccc13)/C2=C(\C#N)c1c(F)c(F)c(C#N)c(F)c1F. The number of rotatable bonds is 3. The standard InChI is InChI=1S/C62H34F4N4O2/c1-29-13-17-43-35(21-29)36-22-30(2)14-18-44(36)69(43)47-25-40-51(41(27-67)56-59(65)57(63)42(28-68)58(64)60(56)66)39-26-48(70-45-19-15-31(3)23-37(45)38-24-32(4)16-20-46(38)70)61-54(34-10-6-8-12-50(34)71-61)53(39)55(40)62-52(47)33-9-5-7-11-49(33)72-62/h5-26H,1-4H3/b51-41+. The Hall–Kier alpha value is -9.38. The van der Waals surface area contributed by atoms with Crippen molar-refractivity contribution in [2.24, 2.45) is 0 Å². The predicted molar refractivity (Wildman–Crippen MR) is 277 cm³/mol. The van der Waals surface area contributed by atoms with Gasteiger partial charge in [0.2, 0.25) is 0 Å². The molecule has 13 aromatic rings. The Labute approximate surface area is 406 Å². The third-order valence-corrected chi connectivity index (χ3v) is 14.7. The van der Waals surface area contributed by atoms with Gasteiger partial charge in [-0.05, 0) is 112 Å². The van der Waals surface area contributed by atoms with Crippen LogP contribution in [0.2, 0.25) is 0 Å². The van der Waals surface area contributed by atoms with Gasteiger partial charge in [-0.2, -0.15) is 10.5 Å². The molecule has 1 aliphatic rings. The van der Waals surface area contributed by atoms with E-state index in [-0.39, 0.29) is 5.57 Å². The highest BCUT2D eigenvalue weighted by Crippen LogP contribution is 2.58. The zero-order valence-corrected chi connectivity index (χ0v) is 38.8. The van der Waals surface area contributed by atoms with E-state index in [1.807, 2.05) is 131 Å². The lowest BCUT2D eigenvalue weighted by Crippen LogP contribution is -2.07. The number of aromatic nitrogens is 2. The third kappa shape index (κ3) is 5.35. The van der Waals surface area contributed by atoms with Crippen LogP contribution in [-0.2, 0) is 0 Å². The maximum Gasteiger partial charge on any atom is 0.180 e. The lowest BCUT2D eigenvalue weighted by Gasteiger charge is -2.15. The summed E-state index contributed by atoms with van der Waals surface area (Å²) in [6, 6.07) is 47.2. The third-order valence-electron chi connectivity index (χ3n) is 14.7. The number of benzene rings is 9. The zero-order valence-electron chi connectivity index (χ0n) is 38.8. The van der Waals surface area contributed by atoms with Gasteiger partial charge in [-0.3, -0.25) is 0 Å². The Balaban J connectivity index is 1.24. The number of nitrogens with zero attached hydrogens (tertiary/aromatic N) is 4. The minimum atomic E-state index is -1.91. The normalized spacial score (nSPS) is 13.1. The van der Waals surface area contributed by atoms with Crippen LogP contribution < -0.4 is 0 Å². The van der Waals surface area contributed by atoms with Crippen LogP contribution in [0.15, 0.2) is 142 Å². The number of furan rings is 2. The van der Waals surface area contributed by atoms with Crippen molar-refractivity contribution < 1.29 is 26.4 Å². The largest absolute Gasteiger partial charge is 0.455 e. The highest BCUT2D eigenvalue weighted by atomic mass is 19.2. The van der Waals surface area contributed by atoms with Crippen molar-refractivity contribution >= 4 is 98.6 Å². The summed E-state index contributed by atoms with van der Waals surface area (Å²) in [5.74, 6) is -7.55. The number of allylic oxidation sites excluding steroid dienone is 1. The molecule has 342 valence electrons. The Morgan fingerprint density at radius 1 is 0.458 bits per heavy atom. The molecule has 1 aliphatic carbocycles. The smallest absolute Gasteiger partial charge is 0.180 e. The van der Waals surface area contributed by atoms with Crippen molar-refractivity contribution in [3.63, 3.8) is 0 Å². The van der Waals surface area contributed by atoms with Gasteiger partial charge in [-0.25, -0.2) is 17.6 Å². The molecule has 9 aromatic carbocycles.